The average Bonchev–Trinajstić information content (AvgIpc) is 3.39. The molecule has 1 N–H and O–H groups in total. The summed E-state index contributed by atoms with van der Waals surface area (Å²) in [6, 6.07) is 3.49. The van der Waals surface area contributed by atoms with Crippen LogP contribution in [0.3, 0.4) is 0 Å². The van der Waals surface area contributed by atoms with Crippen molar-refractivity contribution in [1.29, 1.82) is 0 Å². The van der Waals surface area contributed by atoms with E-state index >= 15 is 0 Å². The van der Waals surface area contributed by atoms with E-state index in [4.69, 9.17) is 0 Å². The van der Waals surface area contributed by atoms with Gasteiger partial charge in [-0.15, -0.1) is 0 Å². The molecule has 5 rings (SSSR count). The highest BCUT2D eigenvalue weighted by Gasteiger charge is 2.26. The van der Waals surface area contributed by atoms with Crippen LogP contribution in [0.1, 0.15) is 54.6 Å². The van der Waals surface area contributed by atoms with Gasteiger partial charge in [0.15, 0.2) is 11.3 Å². The van der Waals surface area contributed by atoms with Gasteiger partial charge >= 0.3 is 0 Å². The van der Waals surface area contributed by atoms with Crippen LogP contribution in [0.5, 0.6) is 0 Å². The molecule has 1 aliphatic carbocycles. The van der Waals surface area contributed by atoms with Crippen LogP contribution in [0, 0.1) is 6.92 Å². The summed E-state index contributed by atoms with van der Waals surface area (Å²) in [5, 5.41) is 11.2. The zero-order chi connectivity index (χ0) is 25.4. The third kappa shape index (κ3) is 4.25. The summed E-state index contributed by atoms with van der Waals surface area (Å²) in [5.74, 6) is -0.160. The number of fused-ring (bicyclic) bond motifs is 1. The van der Waals surface area contributed by atoms with E-state index in [2.05, 4.69) is 19.9 Å². The lowest BCUT2D eigenvalue weighted by atomic mass is 10.0. The summed E-state index contributed by atoms with van der Waals surface area (Å²) in [7, 11) is 0. The first kappa shape index (κ1) is 23.7. The molecule has 1 saturated heterocycles. The number of nitrogens with zero attached hydrogens (tertiary/aromatic N) is 7. The first-order valence-corrected chi connectivity index (χ1v) is 12.2. The van der Waals surface area contributed by atoms with E-state index in [-0.39, 0.29) is 34.4 Å². The molecule has 11 heteroatoms. The second-order valence-corrected chi connectivity index (χ2v) is 9.41. The molecule has 1 aliphatic heterocycles. The monoisotopic (exact) mass is 491 g/mol. The Hall–Kier alpha value is -4.02. The Kier molecular flexibility index (Phi) is 6.29. The van der Waals surface area contributed by atoms with Crippen molar-refractivity contribution in [3.05, 3.63) is 51.5 Å². The summed E-state index contributed by atoms with van der Waals surface area (Å²) in [6.45, 7) is 5.74. The Bertz CT molecular complexity index is 1460. The van der Waals surface area contributed by atoms with Crippen molar-refractivity contribution in [3.8, 4) is 0 Å². The van der Waals surface area contributed by atoms with Gasteiger partial charge in [0.25, 0.3) is 11.5 Å². The van der Waals surface area contributed by atoms with Crippen LogP contribution in [0.4, 0.5) is 11.6 Å². The highest BCUT2D eigenvalue weighted by Crippen LogP contribution is 2.32. The van der Waals surface area contributed by atoms with Gasteiger partial charge in [0.2, 0.25) is 6.41 Å². The number of Topliss-reactive ketones (excluding diaryl/α,β-unsaturated/α-hetero) is 1. The van der Waals surface area contributed by atoms with Crippen LogP contribution in [0.25, 0.3) is 11.0 Å². The van der Waals surface area contributed by atoms with E-state index in [1.54, 1.807) is 34.9 Å². The summed E-state index contributed by atoms with van der Waals surface area (Å²) in [4.78, 5) is 53.8. The van der Waals surface area contributed by atoms with Gasteiger partial charge in [-0.05, 0) is 44.4 Å². The van der Waals surface area contributed by atoms with Crippen molar-refractivity contribution < 1.29 is 14.8 Å². The Morgan fingerprint density at radius 2 is 1.89 bits per heavy atom. The minimum absolute atomic E-state index is 0.0248. The SMILES string of the molecule is CC(=O)c1c(C)c2cnc(/N=c3/ccc(N4CCN(C=O)CC4)cn3O)nc2n(C2CCCC2)c1=O. The van der Waals surface area contributed by atoms with Gasteiger partial charge in [-0.25, -0.2) is 4.98 Å². The quantitative estimate of drug-likeness (QED) is 0.328. The van der Waals surface area contributed by atoms with Crippen molar-refractivity contribution in [2.45, 2.75) is 45.6 Å². The number of piperazine rings is 1. The van der Waals surface area contributed by atoms with E-state index < -0.39 is 0 Å². The van der Waals surface area contributed by atoms with Gasteiger partial charge in [-0.2, -0.15) is 14.7 Å². The topological polar surface area (TPSA) is 126 Å². The maximum absolute atomic E-state index is 13.4. The highest BCUT2D eigenvalue weighted by molar-refractivity contribution is 5.99. The van der Waals surface area contributed by atoms with Gasteiger partial charge in [0.05, 0.1) is 17.4 Å². The Balaban J connectivity index is 1.56. The molecule has 0 spiro atoms. The van der Waals surface area contributed by atoms with Crippen LogP contribution < -0.4 is 15.9 Å². The van der Waals surface area contributed by atoms with Crippen molar-refractivity contribution in [1.82, 2.24) is 24.2 Å². The van der Waals surface area contributed by atoms with E-state index in [1.165, 1.54) is 6.92 Å². The molecule has 0 aromatic carbocycles. The summed E-state index contributed by atoms with van der Waals surface area (Å²) in [5.41, 5.74) is 1.93. The lowest BCUT2D eigenvalue weighted by molar-refractivity contribution is -0.118. The largest absolute Gasteiger partial charge is 0.427 e. The van der Waals surface area contributed by atoms with Gasteiger partial charge < -0.3 is 15.0 Å². The molecule has 2 aliphatic rings. The molecule has 11 nitrogen and oxygen atoms in total. The van der Waals surface area contributed by atoms with Crippen LogP contribution in [-0.4, -0.2) is 67.7 Å². The molecule has 0 unspecified atom stereocenters. The molecule has 1 saturated carbocycles. The number of hydrogen-bond acceptors (Lipinski definition) is 8. The standard InChI is InChI=1S/C25H29N7O4/c1-16-20-13-26-25(28-23(20)32(18-5-3-4-6-18)24(35)22(16)17(2)34)27-21-8-7-19(14-31(21)36)30-11-9-29(15-33)10-12-30/h7-8,13-15,18,36H,3-6,9-12H2,1-2H3/b27-21-. The van der Waals surface area contributed by atoms with E-state index in [0.717, 1.165) is 42.5 Å². The molecule has 3 aromatic rings. The number of anilines is 1. The van der Waals surface area contributed by atoms with Gasteiger partial charge in [-0.1, -0.05) is 12.8 Å². The Morgan fingerprint density at radius 3 is 2.53 bits per heavy atom. The van der Waals surface area contributed by atoms with Gasteiger partial charge in [0, 0.05) is 43.8 Å². The van der Waals surface area contributed by atoms with Crippen LogP contribution in [-0.2, 0) is 4.79 Å². The fourth-order valence-corrected chi connectivity index (χ4v) is 5.23. The second-order valence-electron chi connectivity index (χ2n) is 9.41. The number of hydrogen-bond donors (Lipinski definition) is 1. The molecule has 0 bridgehead atoms. The molecule has 0 atom stereocenters. The molecule has 2 fully saturated rings. The minimum atomic E-state index is -0.319. The zero-order valence-corrected chi connectivity index (χ0v) is 20.4. The van der Waals surface area contributed by atoms with Crippen LogP contribution in [0.2, 0.25) is 0 Å². The average molecular weight is 492 g/mol. The maximum atomic E-state index is 13.4. The fourth-order valence-electron chi connectivity index (χ4n) is 5.23. The Labute approximate surface area is 207 Å². The predicted octanol–water partition coefficient (Wildman–Crippen LogP) is 1.97. The molecule has 4 heterocycles. The van der Waals surface area contributed by atoms with Crippen molar-refractivity contribution in [3.63, 3.8) is 0 Å². The predicted molar refractivity (Wildman–Crippen MR) is 133 cm³/mol. The summed E-state index contributed by atoms with van der Waals surface area (Å²) >= 11 is 0. The van der Waals surface area contributed by atoms with Crippen LogP contribution in [0.15, 0.2) is 34.3 Å². The van der Waals surface area contributed by atoms with E-state index in [9.17, 15) is 19.6 Å². The minimum Gasteiger partial charge on any atom is -0.427 e. The number of carbonyl (C=O) groups excluding carboxylic acids is 2. The van der Waals surface area contributed by atoms with Gasteiger partial charge in [-0.3, -0.25) is 19.0 Å². The first-order valence-electron chi connectivity index (χ1n) is 12.2. The lowest BCUT2D eigenvalue weighted by Gasteiger charge is -2.34. The number of ketones is 1. The van der Waals surface area contributed by atoms with Gasteiger partial charge in [0.1, 0.15) is 5.65 Å². The van der Waals surface area contributed by atoms with Crippen molar-refractivity contribution in [2.75, 3.05) is 31.1 Å². The summed E-state index contributed by atoms with van der Waals surface area (Å²) in [6.07, 6.45) is 7.75. The lowest BCUT2D eigenvalue weighted by Crippen LogP contribution is -2.46. The number of aromatic nitrogens is 4. The molecular formula is C25H29N7O4. The fraction of sp³-hybridized carbons (Fsp3) is 0.440. The zero-order valence-electron chi connectivity index (χ0n) is 20.4. The number of rotatable bonds is 5. The smallest absolute Gasteiger partial charge is 0.263 e. The number of pyridine rings is 2. The molecule has 3 aromatic heterocycles. The highest BCUT2D eigenvalue weighted by atomic mass is 16.5. The number of amides is 1. The molecule has 188 valence electrons. The third-order valence-electron chi connectivity index (χ3n) is 7.17. The van der Waals surface area contributed by atoms with E-state index in [1.807, 2.05) is 6.07 Å². The first-order chi connectivity index (χ1) is 17.4. The summed E-state index contributed by atoms with van der Waals surface area (Å²) < 4.78 is 2.56. The second kappa shape index (κ2) is 9.56. The Morgan fingerprint density at radius 1 is 1.17 bits per heavy atom. The van der Waals surface area contributed by atoms with Crippen LogP contribution >= 0.6 is 0 Å². The normalized spacial score (nSPS) is 17.2. The van der Waals surface area contributed by atoms with Crippen molar-refractivity contribution in [2.24, 2.45) is 4.99 Å². The number of carbonyl (C=O) groups is 2. The molecule has 36 heavy (non-hydrogen) atoms. The van der Waals surface area contributed by atoms with Crippen molar-refractivity contribution >= 4 is 34.9 Å². The number of aryl methyl sites for hydroxylation is 1. The molecule has 0 radical (unpaired) electrons. The third-order valence-corrected chi connectivity index (χ3v) is 7.17. The molecule has 1 amide bonds. The maximum Gasteiger partial charge on any atom is 0.263 e. The molecular weight excluding hydrogens is 462 g/mol. The van der Waals surface area contributed by atoms with E-state index in [0.29, 0.717) is 42.8 Å².